The maximum absolute atomic E-state index is 11.7. The Morgan fingerprint density at radius 1 is 1.35 bits per heavy atom. The van der Waals surface area contributed by atoms with Crippen molar-refractivity contribution in [1.82, 2.24) is 4.98 Å². The Morgan fingerprint density at radius 3 is 2.24 bits per heavy atom. The van der Waals surface area contributed by atoms with Crippen LogP contribution in [0.2, 0.25) is 0 Å². The third-order valence-electron chi connectivity index (χ3n) is 2.25. The van der Waals surface area contributed by atoms with Crippen LogP contribution in [0.5, 0.6) is 0 Å². The van der Waals surface area contributed by atoms with Gasteiger partial charge in [0.2, 0.25) is 0 Å². The number of hydrogen-bond acceptors (Lipinski definition) is 2. The van der Waals surface area contributed by atoms with Crippen LogP contribution in [-0.2, 0) is 0 Å². The topological polar surface area (TPSA) is 56.7 Å². The number of hydrogen-bond donors (Lipinski definition) is 2. The van der Waals surface area contributed by atoms with E-state index in [4.69, 9.17) is 5.41 Å². The molecule has 1 aromatic rings. The molecule has 0 saturated heterocycles. The molecule has 2 N–H and O–H groups in total. The van der Waals surface area contributed by atoms with E-state index in [2.05, 4.69) is 11.6 Å². The third-order valence-corrected chi connectivity index (χ3v) is 2.25. The summed E-state index contributed by atoms with van der Waals surface area (Å²) in [4.78, 5) is 14.4. The normalized spacial score (nSPS) is 9.53. The fourth-order valence-electron chi connectivity index (χ4n) is 1.25. The molecule has 1 aromatic heterocycles. The Kier molecular flexibility index (Phi) is 6.18. The van der Waals surface area contributed by atoms with Crippen LogP contribution in [0.25, 0.3) is 0 Å². The van der Waals surface area contributed by atoms with Crippen LogP contribution in [-0.4, -0.2) is 10.7 Å². The van der Waals surface area contributed by atoms with E-state index in [0.717, 1.165) is 5.69 Å². The molecule has 0 spiro atoms. The summed E-state index contributed by atoms with van der Waals surface area (Å²) in [7, 11) is 0. The summed E-state index contributed by atoms with van der Waals surface area (Å²) >= 11 is 0. The summed E-state index contributed by atoms with van der Waals surface area (Å²) in [5.74, 6) is 0.283. The molecule has 3 nitrogen and oxygen atoms in total. The van der Waals surface area contributed by atoms with Gasteiger partial charge < -0.3 is 4.98 Å². The molecule has 0 aliphatic rings. The minimum absolute atomic E-state index is 0.201. The highest BCUT2D eigenvalue weighted by molar-refractivity contribution is 6.09. The monoisotopic (exact) mass is 234 g/mol. The Labute approximate surface area is 103 Å². The van der Waals surface area contributed by atoms with Gasteiger partial charge in [0.05, 0.1) is 11.3 Å². The second kappa shape index (κ2) is 6.84. The second-order valence-electron chi connectivity index (χ2n) is 3.97. The number of pyridine rings is 1. The highest BCUT2D eigenvalue weighted by atomic mass is 16.1. The molecule has 0 saturated carbocycles. The van der Waals surface area contributed by atoms with Gasteiger partial charge in [0.25, 0.3) is 5.56 Å². The van der Waals surface area contributed by atoms with Crippen molar-refractivity contribution in [3.8, 4) is 0 Å². The zero-order chi connectivity index (χ0) is 13.6. The van der Waals surface area contributed by atoms with Crippen LogP contribution in [0.3, 0.4) is 0 Å². The van der Waals surface area contributed by atoms with Gasteiger partial charge >= 0.3 is 0 Å². The quantitative estimate of drug-likeness (QED) is 0.773. The largest absolute Gasteiger partial charge is 0.325 e. The van der Waals surface area contributed by atoms with E-state index in [9.17, 15) is 4.79 Å². The van der Waals surface area contributed by atoms with E-state index >= 15 is 0 Å². The molecule has 0 bridgehead atoms. The number of aromatic amines is 1. The summed E-state index contributed by atoms with van der Waals surface area (Å²) in [6, 6.07) is 3.53. The lowest BCUT2D eigenvalue weighted by molar-refractivity contribution is 0.815. The number of allylic oxidation sites excluding steroid dienone is 1. The highest BCUT2D eigenvalue weighted by Crippen LogP contribution is 2.10. The lowest BCUT2D eigenvalue weighted by Crippen LogP contribution is -2.19. The molecule has 17 heavy (non-hydrogen) atoms. The van der Waals surface area contributed by atoms with Gasteiger partial charge in [-0.1, -0.05) is 34.3 Å². The maximum atomic E-state index is 11.7. The van der Waals surface area contributed by atoms with Crippen LogP contribution < -0.4 is 5.56 Å². The second-order valence-corrected chi connectivity index (χ2v) is 3.97. The molecule has 0 unspecified atom stereocenters. The average molecular weight is 234 g/mol. The highest BCUT2D eigenvalue weighted by Gasteiger charge is 2.08. The van der Waals surface area contributed by atoms with E-state index < -0.39 is 0 Å². The van der Waals surface area contributed by atoms with Crippen LogP contribution >= 0.6 is 0 Å². The SMILES string of the molecule is C=C(C)C(=N)c1ccc(C(C)C)[nH]c1=O.CC. The molecule has 0 aliphatic carbocycles. The van der Waals surface area contributed by atoms with E-state index in [1.807, 2.05) is 33.8 Å². The van der Waals surface area contributed by atoms with E-state index in [-0.39, 0.29) is 17.2 Å². The van der Waals surface area contributed by atoms with Crippen LogP contribution in [0.1, 0.15) is 51.8 Å². The van der Waals surface area contributed by atoms with Crippen molar-refractivity contribution < 1.29 is 0 Å². The number of rotatable bonds is 3. The van der Waals surface area contributed by atoms with Gasteiger partial charge in [-0.3, -0.25) is 10.2 Å². The van der Waals surface area contributed by atoms with Gasteiger partial charge in [0.15, 0.2) is 0 Å². The molecule has 0 fully saturated rings. The summed E-state index contributed by atoms with van der Waals surface area (Å²) in [6.45, 7) is 13.4. The summed E-state index contributed by atoms with van der Waals surface area (Å²) in [6.07, 6.45) is 0. The van der Waals surface area contributed by atoms with Crippen molar-refractivity contribution in [3.63, 3.8) is 0 Å². The van der Waals surface area contributed by atoms with Crippen molar-refractivity contribution in [2.45, 2.75) is 40.5 Å². The average Bonchev–Trinajstić information content (AvgIpc) is 2.30. The van der Waals surface area contributed by atoms with Crippen molar-refractivity contribution >= 4 is 5.71 Å². The standard InChI is InChI=1S/C12H16N2O.C2H6/c1-7(2)10-6-5-9(12(15)14-10)11(13)8(3)4;1-2/h5-7,13H,3H2,1-2,4H3,(H,14,15);1-2H3. The molecular weight excluding hydrogens is 212 g/mol. The van der Waals surface area contributed by atoms with Crippen molar-refractivity contribution in [2.75, 3.05) is 0 Å². The first-order chi connectivity index (χ1) is 7.93. The molecule has 1 heterocycles. The van der Waals surface area contributed by atoms with Gasteiger partial charge in [-0.15, -0.1) is 0 Å². The van der Waals surface area contributed by atoms with Crippen LogP contribution in [0.15, 0.2) is 29.1 Å². The fraction of sp³-hybridized carbons (Fsp3) is 0.429. The number of nitrogens with one attached hydrogen (secondary N) is 2. The van der Waals surface area contributed by atoms with E-state index in [1.54, 1.807) is 13.0 Å². The molecule has 94 valence electrons. The van der Waals surface area contributed by atoms with Gasteiger partial charge in [0, 0.05) is 5.69 Å². The first kappa shape index (κ1) is 15.4. The van der Waals surface area contributed by atoms with E-state index in [0.29, 0.717) is 11.1 Å². The summed E-state index contributed by atoms with van der Waals surface area (Å²) in [5.41, 5.74) is 1.85. The summed E-state index contributed by atoms with van der Waals surface area (Å²) < 4.78 is 0. The molecule has 0 aromatic carbocycles. The molecule has 3 heteroatoms. The van der Waals surface area contributed by atoms with Crippen LogP contribution in [0.4, 0.5) is 0 Å². The third kappa shape index (κ3) is 4.02. The molecule has 0 atom stereocenters. The first-order valence-electron chi connectivity index (χ1n) is 5.91. The predicted molar refractivity (Wildman–Crippen MR) is 74.1 cm³/mol. The lowest BCUT2D eigenvalue weighted by atomic mass is 10.0. The predicted octanol–water partition coefficient (Wildman–Crippen LogP) is 3.47. The zero-order valence-corrected chi connectivity index (χ0v) is 11.3. The fourth-order valence-corrected chi connectivity index (χ4v) is 1.25. The summed E-state index contributed by atoms with van der Waals surface area (Å²) in [5, 5.41) is 7.68. The Morgan fingerprint density at radius 2 is 1.88 bits per heavy atom. The molecular formula is C14H22N2O. The van der Waals surface area contributed by atoms with Crippen molar-refractivity contribution in [3.05, 3.63) is 45.9 Å². The molecule has 0 aliphatic heterocycles. The minimum Gasteiger partial charge on any atom is -0.325 e. The lowest BCUT2D eigenvalue weighted by Gasteiger charge is -2.07. The maximum Gasteiger partial charge on any atom is 0.257 e. The van der Waals surface area contributed by atoms with Crippen molar-refractivity contribution in [2.24, 2.45) is 0 Å². The van der Waals surface area contributed by atoms with Gasteiger partial charge in [-0.25, -0.2) is 0 Å². The van der Waals surface area contributed by atoms with Gasteiger partial charge in [-0.2, -0.15) is 0 Å². The molecule has 0 radical (unpaired) electrons. The first-order valence-corrected chi connectivity index (χ1v) is 5.91. The van der Waals surface area contributed by atoms with Gasteiger partial charge in [-0.05, 0) is 30.5 Å². The number of aromatic nitrogens is 1. The number of H-pyrrole nitrogens is 1. The van der Waals surface area contributed by atoms with Crippen LogP contribution in [0, 0.1) is 5.41 Å². The Balaban J connectivity index is 0.00000121. The Bertz CT molecular complexity index is 456. The molecule has 1 rings (SSSR count). The zero-order valence-electron chi connectivity index (χ0n) is 11.3. The minimum atomic E-state index is -0.214. The van der Waals surface area contributed by atoms with Gasteiger partial charge in [0.1, 0.15) is 0 Å². The molecule has 0 amide bonds. The smallest absolute Gasteiger partial charge is 0.257 e. The Hall–Kier alpha value is -1.64. The van der Waals surface area contributed by atoms with E-state index in [1.165, 1.54) is 0 Å². The van der Waals surface area contributed by atoms with Crippen molar-refractivity contribution in [1.29, 1.82) is 5.41 Å².